The normalized spacial score (nSPS) is 13.4. The summed E-state index contributed by atoms with van der Waals surface area (Å²) < 4.78 is 22.8. The van der Waals surface area contributed by atoms with E-state index in [4.69, 9.17) is 23.5 Å². The maximum Gasteiger partial charge on any atom is 0.342 e. The highest BCUT2D eigenvalue weighted by atomic mass is 16.6. The van der Waals surface area contributed by atoms with Crippen LogP contribution < -0.4 is 14.4 Å². The molecule has 1 amide bonds. The molecule has 0 atom stereocenters. The minimum absolute atomic E-state index is 0.120. The van der Waals surface area contributed by atoms with Gasteiger partial charge in [-0.1, -0.05) is 36.2 Å². The molecule has 9 nitrogen and oxygen atoms in total. The molecule has 0 unspecified atom stereocenters. The highest BCUT2D eigenvalue weighted by molar-refractivity contribution is 6.54. The third-order valence-electron chi connectivity index (χ3n) is 7.22. The van der Waals surface area contributed by atoms with E-state index in [0.29, 0.717) is 59.3 Å². The van der Waals surface area contributed by atoms with Gasteiger partial charge >= 0.3 is 5.97 Å². The van der Waals surface area contributed by atoms with Crippen molar-refractivity contribution in [3.8, 4) is 22.8 Å². The van der Waals surface area contributed by atoms with Crippen LogP contribution in [0, 0.1) is 0 Å². The first-order valence-electron chi connectivity index (χ1n) is 14.7. The van der Waals surface area contributed by atoms with E-state index in [1.54, 1.807) is 18.9 Å². The number of para-hydroxylation sites is 1. The number of hydrogen-bond donors (Lipinski definition) is 0. The zero-order valence-corrected chi connectivity index (χ0v) is 24.8. The average Bonchev–Trinajstić information content (AvgIpc) is 3.54. The second-order valence-electron chi connectivity index (χ2n) is 10.0. The highest BCUT2D eigenvalue weighted by Gasteiger charge is 2.34. The van der Waals surface area contributed by atoms with Gasteiger partial charge in [0.15, 0.2) is 5.71 Å². The molecule has 1 aliphatic heterocycles. The van der Waals surface area contributed by atoms with E-state index >= 15 is 0 Å². The van der Waals surface area contributed by atoms with E-state index in [2.05, 4.69) is 5.16 Å². The summed E-state index contributed by atoms with van der Waals surface area (Å²) in [6.45, 7) is 5.43. The molecule has 0 spiro atoms. The summed E-state index contributed by atoms with van der Waals surface area (Å²) in [4.78, 5) is 32.9. The molecule has 3 aromatic carbocycles. The monoisotopic (exact) mass is 584 g/mol. The summed E-state index contributed by atoms with van der Waals surface area (Å²) in [6, 6.07) is 20.5. The van der Waals surface area contributed by atoms with Gasteiger partial charge in [0.25, 0.3) is 5.91 Å². The number of esters is 1. The van der Waals surface area contributed by atoms with Gasteiger partial charge < -0.3 is 28.4 Å². The lowest BCUT2D eigenvalue weighted by molar-refractivity contribution is -0.112. The van der Waals surface area contributed by atoms with E-state index in [-0.39, 0.29) is 12.5 Å². The van der Waals surface area contributed by atoms with Crippen LogP contribution in [-0.4, -0.2) is 51.1 Å². The second-order valence-corrected chi connectivity index (χ2v) is 10.0. The molecule has 0 N–H and O–H groups in total. The standard InChI is InChI=1S/C34H36N2O7/c1-4-40-34(38)30-27-22-25(18-19-29(27)43-32(30)23-14-16-24(39-3)17-15-23)41-21-11-7-6-10-20-36-28-13-9-8-12-26(28)31(33(36)37)35-42-5-2/h8-9,12-19,22H,4-7,10-11,20-21H2,1-3H3/b35-31+. The largest absolute Gasteiger partial charge is 0.497 e. The number of nitrogens with zero attached hydrogens (tertiary/aromatic N) is 2. The third-order valence-corrected chi connectivity index (χ3v) is 7.22. The van der Waals surface area contributed by atoms with Gasteiger partial charge in [0.2, 0.25) is 0 Å². The van der Waals surface area contributed by atoms with Gasteiger partial charge in [0.05, 0.1) is 26.0 Å². The van der Waals surface area contributed by atoms with E-state index in [0.717, 1.165) is 42.5 Å². The lowest BCUT2D eigenvalue weighted by atomic mass is 10.1. The van der Waals surface area contributed by atoms with Crippen LogP contribution >= 0.6 is 0 Å². The summed E-state index contributed by atoms with van der Waals surface area (Å²) in [5.41, 5.74) is 3.75. The molecule has 0 bridgehead atoms. The first-order chi connectivity index (χ1) is 21.0. The maximum absolute atomic E-state index is 13.0. The van der Waals surface area contributed by atoms with Crippen molar-refractivity contribution in [3.05, 3.63) is 77.9 Å². The van der Waals surface area contributed by atoms with Crippen molar-refractivity contribution in [2.45, 2.75) is 39.5 Å². The number of carbonyl (C=O) groups excluding carboxylic acids is 2. The molecule has 0 saturated heterocycles. The van der Waals surface area contributed by atoms with Crippen LogP contribution in [-0.2, 0) is 14.4 Å². The number of oxime groups is 1. The lowest BCUT2D eigenvalue weighted by Crippen LogP contribution is -2.31. The summed E-state index contributed by atoms with van der Waals surface area (Å²) in [5.74, 6) is 1.25. The van der Waals surface area contributed by atoms with Crippen molar-refractivity contribution in [2.75, 3.05) is 38.4 Å². The molecule has 0 saturated carbocycles. The van der Waals surface area contributed by atoms with Crippen molar-refractivity contribution in [2.24, 2.45) is 5.16 Å². The Kier molecular flexibility index (Phi) is 9.61. The zero-order valence-electron chi connectivity index (χ0n) is 24.8. The van der Waals surface area contributed by atoms with Crippen LogP contribution in [0.2, 0.25) is 0 Å². The van der Waals surface area contributed by atoms with Gasteiger partial charge in [0.1, 0.15) is 35.0 Å². The Bertz CT molecular complexity index is 1610. The van der Waals surface area contributed by atoms with Crippen molar-refractivity contribution in [1.82, 2.24) is 0 Å². The molecular formula is C34H36N2O7. The van der Waals surface area contributed by atoms with Crippen LogP contribution in [0.15, 0.2) is 76.3 Å². The van der Waals surface area contributed by atoms with E-state index in [1.807, 2.05) is 73.7 Å². The fourth-order valence-corrected chi connectivity index (χ4v) is 5.13. The zero-order chi connectivity index (χ0) is 30.2. The van der Waals surface area contributed by atoms with Gasteiger partial charge in [-0.2, -0.15) is 0 Å². The molecule has 2 heterocycles. The molecule has 9 heteroatoms. The van der Waals surface area contributed by atoms with Crippen LogP contribution in [0.3, 0.4) is 0 Å². The van der Waals surface area contributed by atoms with Crippen molar-refractivity contribution < 1.29 is 33.1 Å². The molecule has 224 valence electrons. The first-order valence-corrected chi connectivity index (χ1v) is 14.7. The molecule has 0 fully saturated rings. The van der Waals surface area contributed by atoms with Gasteiger partial charge in [-0.3, -0.25) is 4.79 Å². The number of hydrogen-bond acceptors (Lipinski definition) is 8. The van der Waals surface area contributed by atoms with E-state index < -0.39 is 5.97 Å². The number of benzene rings is 3. The average molecular weight is 585 g/mol. The summed E-state index contributed by atoms with van der Waals surface area (Å²) in [6.07, 6.45) is 3.62. The highest BCUT2D eigenvalue weighted by Crippen LogP contribution is 2.37. The Morgan fingerprint density at radius 1 is 0.907 bits per heavy atom. The van der Waals surface area contributed by atoms with Gasteiger partial charge in [-0.15, -0.1) is 0 Å². The van der Waals surface area contributed by atoms with E-state index in [1.165, 1.54) is 0 Å². The quantitative estimate of drug-likeness (QED) is 0.0893. The molecule has 1 aliphatic rings. The van der Waals surface area contributed by atoms with Crippen molar-refractivity contribution in [3.63, 3.8) is 0 Å². The topological polar surface area (TPSA) is 99.8 Å². The molecule has 0 radical (unpaired) electrons. The number of anilines is 1. The number of amides is 1. The summed E-state index contributed by atoms with van der Waals surface area (Å²) in [7, 11) is 1.60. The van der Waals surface area contributed by atoms with Crippen LogP contribution in [0.1, 0.15) is 55.5 Å². The number of methoxy groups -OCH3 is 1. The molecule has 1 aromatic heterocycles. The van der Waals surface area contributed by atoms with E-state index in [9.17, 15) is 9.59 Å². The predicted molar refractivity (Wildman–Crippen MR) is 165 cm³/mol. The molecule has 5 rings (SSSR count). The van der Waals surface area contributed by atoms with Gasteiger partial charge in [-0.05, 0) is 75.2 Å². The fraction of sp³-hybridized carbons (Fsp3) is 0.324. The summed E-state index contributed by atoms with van der Waals surface area (Å²) >= 11 is 0. The van der Waals surface area contributed by atoms with Crippen LogP contribution in [0.5, 0.6) is 11.5 Å². The number of furan rings is 1. The molecular weight excluding hydrogens is 548 g/mol. The predicted octanol–water partition coefficient (Wildman–Crippen LogP) is 7.01. The molecule has 43 heavy (non-hydrogen) atoms. The third kappa shape index (κ3) is 6.51. The number of rotatable bonds is 14. The molecule has 4 aromatic rings. The number of fused-ring (bicyclic) bond motifs is 2. The Labute approximate surface area is 251 Å². The van der Waals surface area contributed by atoms with Gasteiger partial charge in [0, 0.05) is 23.1 Å². The van der Waals surface area contributed by atoms with Crippen molar-refractivity contribution in [1.29, 1.82) is 0 Å². The summed E-state index contributed by atoms with van der Waals surface area (Å²) in [5, 5.41) is 4.69. The van der Waals surface area contributed by atoms with Gasteiger partial charge in [-0.25, -0.2) is 4.79 Å². The minimum atomic E-state index is -0.445. The number of unbranched alkanes of at least 4 members (excludes halogenated alkanes) is 3. The lowest BCUT2D eigenvalue weighted by Gasteiger charge is -2.16. The Hall–Kier alpha value is -4.79. The smallest absolute Gasteiger partial charge is 0.342 e. The van der Waals surface area contributed by atoms with Crippen LogP contribution in [0.4, 0.5) is 5.69 Å². The fourth-order valence-electron chi connectivity index (χ4n) is 5.13. The minimum Gasteiger partial charge on any atom is -0.497 e. The maximum atomic E-state index is 13.0. The number of carbonyl (C=O) groups is 2. The molecule has 0 aliphatic carbocycles. The number of ether oxygens (including phenoxy) is 3. The second kappa shape index (κ2) is 13.9. The Balaban J connectivity index is 1.17. The SMILES string of the molecule is CCO/N=C1/C(=O)N(CCCCCCOc2ccc3oc(-c4ccc(OC)cc4)c(C(=O)OCC)c3c2)c2ccccc21. The Morgan fingerprint density at radius 3 is 2.44 bits per heavy atom. The van der Waals surface area contributed by atoms with Crippen molar-refractivity contribution >= 4 is 34.2 Å². The first kappa shape index (κ1) is 29.7. The van der Waals surface area contributed by atoms with Crippen LogP contribution in [0.25, 0.3) is 22.3 Å². The Morgan fingerprint density at radius 2 is 1.67 bits per heavy atom.